The van der Waals surface area contributed by atoms with Crippen LogP contribution in [0.5, 0.6) is 0 Å². The Labute approximate surface area is 61.4 Å². The zero-order valence-electron chi connectivity index (χ0n) is 5.26. The van der Waals surface area contributed by atoms with E-state index in [2.05, 4.69) is 4.82 Å². The van der Waals surface area contributed by atoms with Crippen molar-refractivity contribution in [3.63, 3.8) is 0 Å². The van der Waals surface area contributed by atoms with Crippen LogP contribution in [0.25, 0.3) is 0 Å². The summed E-state index contributed by atoms with van der Waals surface area (Å²) >= 11 is 1.75. The molecule has 0 rings (SSSR count). The molecule has 0 aliphatic rings. The van der Waals surface area contributed by atoms with Crippen molar-refractivity contribution in [2.24, 2.45) is 0 Å². The van der Waals surface area contributed by atoms with Crippen LogP contribution in [0.2, 0.25) is 0 Å². The Hall–Kier alpha value is 0.504. The van der Waals surface area contributed by atoms with E-state index in [1.165, 1.54) is 0 Å². The summed E-state index contributed by atoms with van der Waals surface area (Å²) in [5, 5.41) is 16.8. The van der Waals surface area contributed by atoms with Crippen molar-refractivity contribution in [2.75, 3.05) is 0 Å². The summed E-state index contributed by atoms with van der Waals surface area (Å²) in [5.41, 5.74) is 0. The molecule has 0 heterocycles. The van der Waals surface area contributed by atoms with Crippen LogP contribution in [-0.2, 0) is 20.0 Å². The van der Waals surface area contributed by atoms with E-state index < -0.39 is 12.2 Å². The molecule has 0 saturated carbocycles. The Balaban J connectivity index is 0. The number of hydrogen-bond donors (Lipinski definition) is 2. The first-order valence-electron chi connectivity index (χ1n) is 2.36. The van der Waals surface area contributed by atoms with Crippen molar-refractivity contribution in [1.29, 1.82) is 0 Å². The van der Waals surface area contributed by atoms with Gasteiger partial charge in [0.1, 0.15) is 0 Å². The van der Waals surface area contributed by atoms with E-state index in [0.717, 1.165) is 0 Å². The third kappa shape index (κ3) is 9.71. The first-order valence-corrected chi connectivity index (χ1v) is 3.46. The van der Waals surface area contributed by atoms with Crippen molar-refractivity contribution in [3.05, 3.63) is 0 Å². The van der Waals surface area contributed by atoms with Crippen LogP contribution in [-0.4, -0.2) is 27.2 Å². The van der Waals surface area contributed by atoms with Crippen LogP contribution in [0, 0.1) is 0 Å². The third-order valence-electron chi connectivity index (χ3n) is 0.698. The average molecular weight is 152 g/mol. The Morgan fingerprint density at radius 1 is 1.12 bits per heavy atom. The first-order chi connectivity index (χ1) is 3.64. The molecule has 0 aliphatic carbocycles. The van der Waals surface area contributed by atoms with E-state index in [0.29, 0.717) is 0 Å². The molecule has 0 aromatic carbocycles. The fraction of sp³-hybridized carbons (Fsp3) is 0.800. The first kappa shape index (κ1) is 11.3. The number of aliphatic hydroxyl groups excluding tert-OH is 2. The second-order valence-electron chi connectivity index (χ2n) is 1.48. The van der Waals surface area contributed by atoms with Gasteiger partial charge < -0.3 is 10.2 Å². The van der Waals surface area contributed by atoms with Crippen molar-refractivity contribution >= 4 is 4.82 Å². The van der Waals surface area contributed by atoms with Gasteiger partial charge in [-0.05, 0) is 13.8 Å². The fourth-order valence-corrected chi connectivity index (χ4v) is 0. The summed E-state index contributed by atoms with van der Waals surface area (Å²) in [6, 6.07) is 0. The molecule has 0 aromatic heterocycles. The van der Waals surface area contributed by atoms with Crippen LogP contribution >= 0.6 is 0 Å². The maximum atomic E-state index is 8.38. The standard InChI is InChI=1S/C4H10O2.CH2.Ti/c1-3(5)4(2)6;;/h3-6H,1-2H3;1H2;/t3-,4-;;/m0../s1. The topological polar surface area (TPSA) is 40.5 Å². The monoisotopic (exact) mass is 152 g/mol. The normalized spacial score (nSPS) is 15.4. The van der Waals surface area contributed by atoms with Crippen molar-refractivity contribution in [3.8, 4) is 0 Å². The van der Waals surface area contributed by atoms with Gasteiger partial charge in [-0.15, -0.1) is 0 Å². The minimum absolute atomic E-state index is 0.593. The maximum absolute atomic E-state index is 8.38. The van der Waals surface area contributed by atoms with Crippen molar-refractivity contribution in [2.45, 2.75) is 26.1 Å². The molecule has 0 bridgehead atoms. The SMILES string of the molecule is C[C@H](O)[C@H](C)O.[CH2]=[Ti]. The summed E-state index contributed by atoms with van der Waals surface area (Å²) in [7, 11) is 0. The molecule has 3 heteroatoms. The molecule has 0 amide bonds. The summed E-state index contributed by atoms with van der Waals surface area (Å²) in [6.45, 7) is 3.09. The second-order valence-corrected chi connectivity index (χ2v) is 1.48. The Bertz CT molecular complexity index is 39.7. The Morgan fingerprint density at radius 3 is 1.25 bits per heavy atom. The molecular formula is C5H12O2Ti. The molecule has 0 radical (unpaired) electrons. The van der Waals surface area contributed by atoms with Crippen LogP contribution in [0.1, 0.15) is 13.8 Å². The average Bonchev–Trinajstić information content (AvgIpc) is 1.72. The van der Waals surface area contributed by atoms with Gasteiger partial charge in [0.05, 0.1) is 12.2 Å². The number of aliphatic hydroxyl groups is 2. The predicted molar refractivity (Wildman–Crippen MR) is 30.5 cm³/mol. The van der Waals surface area contributed by atoms with Gasteiger partial charge in [-0.25, -0.2) is 0 Å². The van der Waals surface area contributed by atoms with E-state index >= 15 is 0 Å². The van der Waals surface area contributed by atoms with Gasteiger partial charge in [-0.3, -0.25) is 0 Å². The van der Waals surface area contributed by atoms with Gasteiger partial charge in [0, 0.05) is 0 Å². The molecule has 0 saturated heterocycles. The Morgan fingerprint density at radius 2 is 1.25 bits per heavy atom. The molecule has 8 heavy (non-hydrogen) atoms. The van der Waals surface area contributed by atoms with Gasteiger partial charge in [0.15, 0.2) is 0 Å². The molecule has 0 spiro atoms. The summed E-state index contributed by atoms with van der Waals surface area (Å²) in [4.78, 5) is 3.25. The molecule has 2 nitrogen and oxygen atoms in total. The zero-order valence-corrected chi connectivity index (χ0v) is 6.82. The van der Waals surface area contributed by atoms with Gasteiger partial charge in [-0.2, -0.15) is 0 Å². The molecular weight excluding hydrogens is 140 g/mol. The minimum atomic E-state index is -0.593. The second kappa shape index (κ2) is 7.50. The number of rotatable bonds is 1. The van der Waals surface area contributed by atoms with E-state index in [4.69, 9.17) is 10.2 Å². The van der Waals surface area contributed by atoms with Crippen LogP contribution < -0.4 is 0 Å². The van der Waals surface area contributed by atoms with Crippen molar-refractivity contribution in [1.82, 2.24) is 0 Å². The van der Waals surface area contributed by atoms with Crippen LogP contribution in [0.15, 0.2) is 0 Å². The van der Waals surface area contributed by atoms with E-state index in [1.807, 2.05) is 0 Å². The summed E-state index contributed by atoms with van der Waals surface area (Å²) in [5.74, 6) is 0. The van der Waals surface area contributed by atoms with Gasteiger partial charge >= 0.3 is 24.8 Å². The van der Waals surface area contributed by atoms with Gasteiger partial charge in [-0.1, -0.05) is 0 Å². The Kier molecular flexibility index (Phi) is 10.6. The van der Waals surface area contributed by atoms with E-state index in [9.17, 15) is 0 Å². The van der Waals surface area contributed by atoms with Crippen LogP contribution in [0.3, 0.4) is 0 Å². The fourth-order valence-electron chi connectivity index (χ4n) is 0. The van der Waals surface area contributed by atoms with E-state index in [-0.39, 0.29) is 0 Å². The molecule has 0 unspecified atom stereocenters. The van der Waals surface area contributed by atoms with E-state index in [1.54, 1.807) is 33.8 Å². The third-order valence-corrected chi connectivity index (χ3v) is 0.698. The quantitative estimate of drug-likeness (QED) is 0.507. The predicted octanol–water partition coefficient (Wildman–Crippen LogP) is -0.287. The molecule has 0 aromatic rings. The molecule has 0 aliphatic heterocycles. The summed E-state index contributed by atoms with van der Waals surface area (Å²) in [6.07, 6.45) is -1.19. The van der Waals surface area contributed by atoms with Gasteiger partial charge in [0.25, 0.3) is 0 Å². The zero-order chi connectivity index (χ0) is 7.15. The summed E-state index contributed by atoms with van der Waals surface area (Å²) < 4.78 is 0. The molecule has 2 N–H and O–H groups in total. The van der Waals surface area contributed by atoms with Crippen molar-refractivity contribution < 1.29 is 30.2 Å². The van der Waals surface area contributed by atoms with Gasteiger partial charge in [0.2, 0.25) is 0 Å². The molecule has 2 atom stereocenters. The molecule has 0 fully saturated rings. The number of hydrogen-bond acceptors (Lipinski definition) is 2. The molecule has 48 valence electrons. The van der Waals surface area contributed by atoms with Crippen LogP contribution in [0.4, 0.5) is 0 Å².